The van der Waals surface area contributed by atoms with Gasteiger partial charge in [-0.1, -0.05) is 44.5 Å². The standard InChI is InChI=1S/C24H29ClO5/c1-12-7-16-15-9-18(25)17-8-14(27)5-6-23(17,3)22(15)19(28)10-24(16,4)21(12)20(29)11-30-13(2)26/h5-6,8-9,12,15-16,19,21-22,28H,7,10-11H2,1-4H3/t12-,15+,16+,19+,21-,22-,23+,24+/m1/s1. The van der Waals surface area contributed by atoms with Crippen LogP contribution in [0.25, 0.3) is 0 Å². The molecule has 30 heavy (non-hydrogen) atoms. The molecule has 0 bridgehead atoms. The van der Waals surface area contributed by atoms with Crippen molar-refractivity contribution in [3.63, 3.8) is 0 Å². The molecule has 0 saturated heterocycles. The van der Waals surface area contributed by atoms with Crippen LogP contribution in [0.15, 0.2) is 34.9 Å². The highest BCUT2D eigenvalue weighted by Crippen LogP contribution is 2.66. The van der Waals surface area contributed by atoms with Crippen molar-refractivity contribution in [2.45, 2.75) is 46.6 Å². The van der Waals surface area contributed by atoms with E-state index in [1.165, 1.54) is 6.92 Å². The van der Waals surface area contributed by atoms with Gasteiger partial charge in [-0.3, -0.25) is 14.4 Å². The van der Waals surface area contributed by atoms with E-state index in [2.05, 4.69) is 13.8 Å². The lowest BCUT2D eigenvalue weighted by atomic mass is 9.48. The average Bonchev–Trinajstić information content (AvgIpc) is 2.91. The van der Waals surface area contributed by atoms with Crippen LogP contribution in [0.1, 0.15) is 40.5 Å². The molecule has 0 unspecified atom stereocenters. The second-order valence-corrected chi connectivity index (χ2v) is 10.4. The van der Waals surface area contributed by atoms with Gasteiger partial charge in [0.25, 0.3) is 0 Å². The van der Waals surface area contributed by atoms with E-state index in [1.807, 2.05) is 19.1 Å². The van der Waals surface area contributed by atoms with Crippen molar-refractivity contribution in [3.8, 4) is 0 Å². The zero-order valence-electron chi connectivity index (χ0n) is 17.9. The molecule has 0 spiro atoms. The van der Waals surface area contributed by atoms with Gasteiger partial charge in [-0.25, -0.2) is 0 Å². The summed E-state index contributed by atoms with van der Waals surface area (Å²) in [6, 6.07) is 0. The Balaban J connectivity index is 1.73. The number of ketones is 2. The Bertz CT molecular complexity index is 901. The van der Waals surface area contributed by atoms with E-state index in [-0.39, 0.29) is 47.8 Å². The van der Waals surface area contributed by atoms with Crippen LogP contribution in [-0.2, 0) is 19.1 Å². The predicted molar refractivity (Wildman–Crippen MR) is 112 cm³/mol. The van der Waals surface area contributed by atoms with Crippen molar-refractivity contribution in [2.24, 2.45) is 40.4 Å². The number of esters is 1. The van der Waals surface area contributed by atoms with Gasteiger partial charge in [-0.2, -0.15) is 0 Å². The van der Waals surface area contributed by atoms with Crippen molar-refractivity contribution in [1.82, 2.24) is 0 Å². The summed E-state index contributed by atoms with van der Waals surface area (Å²) in [5.74, 6) is -0.726. The van der Waals surface area contributed by atoms with Crippen molar-refractivity contribution in [2.75, 3.05) is 6.61 Å². The Morgan fingerprint density at radius 1 is 1.33 bits per heavy atom. The molecule has 0 heterocycles. The first-order valence-electron chi connectivity index (χ1n) is 10.7. The van der Waals surface area contributed by atoms with Crippen LogP contribution in [0.5, 0.6) is 0 Å². The molecule has 4 rings (SSSR count). The Kier molecular flexibility index (Phi) is 5.14. The SMILES string of the molecule is CC(=O)OCC(=O)[C@H]1[C@H](C)C[C@H]2[C@@H]3C=C(Cl)C4=CC(=O)C=C[C@]4(C)[C@H]3[C@@H](O)C[C@@]21C. The van der Waals surface area contributed by atoms with E-state index in [4.69, 9.17) is 16.3 Å². The van der Waals surface area contributed by atoms with Crippen LogP contribution < -0.4 is 0 Å². The fourth-order valence-corrected chi connectivity index (χ4v) is 7.58. The molecular weight excluding hydrogens is 404 g/mol. The van der Waals surface area contributed by atoms with Crippen LogP contribution in [0.2, 0.25) is 0 Å². The highest BCUT2D eigenvalue weighted by Gasteiger charge is 2.64. The number of halogens is 1. The molecule has 0 aromatic heterocycles. The van der Waals surface area contributed by atoms with Crippen molar-refractivity contribution < 1.29 is 24.2 Å². The molecule has 6 heteroatoms. The van der Waals surface area contributed by atoms with Gasteiger partial charge in [-0.05, 0) is 53.7 Å². The third kappa shape index (κ3) is 3.04. The normalized spacial score (nSPS) is 44.4. The number of allylic oxidation sites excluding steroid dienone is 6. The predicted octanol–water partition coefficient (Wildman–Crippen LogP) is 3.60. The second-order valence-electron chi connectivity index (χ2n) is 10.0. The summed E-state index contributed by atoms with van der Waals surface area (Å²) >= 11 is 6.67. The number of Topliss-reactive ketones (excluding diaryl/α,β-unsaturated/α-hetero) is 1. The highest BCUT2D eigenvalue weighted by atomic mass is 35.5. The number of carbonyl (C=O) groups is 3. The first-order chi connectivity index (χ1) is 14.0. The molecule has 0 aromatic rings. The average molecular weight is 433 g/mol. The third-order valence-electron chi connectivity index (χ3n) is 8.21. The maximum atomic E-state index is 13.0. The van der Waals surface area contributed by atoms with E-state index in [0.717, 1.165) is 12.0 Å². The van der Waals surface area contributed by atoms with E-state index in [9.17, 15) is 19.5 Å². The Labute approximate surface area is 182 Å². The van der Waals surface area contributed by atoms with Gasteiger partial charge in [0.05, 0.1) is 6.10 Å². The highest BCUT2D eigenvalue weighted by molar-refractivity contribution is 6.32. The molecule has 8 atom stereocenters. The summed E-state index contributed by atoms with van der Waals surface area (Å²) in [6.45, 7) is 7.29. The lowest BCUT2D eigenvalue weighted by Gasteiger charge is -2.57. The molecule has 0 radical (unpaired) electrons. The molecule has 0 aromatic carbocycles. The molecular formula is C24H29ClO5. The van der Waals surface area contributed by atoms with Crippen LogP contribution in [-0.4, -0.2) is 35.4 Å². The van der Waals surface area contributed by atoms with Crippen LogP contribution in [0.4, 0.5) is 0 Å². The van der Waals surface area contributed by atoms with Crippen LogP contribution in [0.3, 0.4) is 0 Å². The van der Waals surface area contributed by atoms with Crippen molar-refractivity contribution in [3.05, 3.63) is 34.9 Å². The smallest absolute Gasteiger partial charge is 0.303 e. The van der Waals surface area contributed by atoms with Gasteiger partial charge < -0.3 is 9.84 Å². The van der Waals surface area contributed by atoms with E-state index in [0.29, 0.717) is 11.5 Å². The molecule has 4 aliphatic rings. The molecule has 0 aliphatic heterocycles. The summed E-state index contributed by atoms with van der Waals surface area (Å²) in [5.41, 5.74) is -0.153. The first-order valence-corrected chi connectivity index (χ1v) is 11.0. The maximum absolute atomic E-state index is 13.0. The van der Waals surface area contributed by atoms with Gasteiger partial charge in [-0.15, -0.1) is 0 Å². The Morgan fingerprint density at radius 2 is 2.03 bits per heavy atom. The molecule has 0 amide bonds. The third-order valence-corrected chi connectivity index (χ3v) is 8.54. The van der Waals surface area contributed by atoms with Gasteiger partial charge >= 0.3 is 5.97 Å². The Hall–Kier alpha value is -1.72. The largest absolute Gasteiger partial charge is 0.458 e. The minimum absolute atomic E-state index is 0.000211. The lowest BCUT2D eigenvalue weighted by molar-refractivity contribution is -0.151. The monoisotopic (exact) mass is 432 g/mol. The van der Waals surface area contributed by atoms with Gasteiger partial charge in [0, 0.05) is 29.2 Å². The summed E-state index contributed by atoms with van der Waals surface area (Å²) < 4.78 is 5.00. The molecule has 4 aliphatic carbocycles. The zero-order chi connectivity index (χ0) is 22.0. The van der Waals surface area contributed by atoms with Gasteiger partial charge in [0.2, 0.25) is 0 Å². The number of carbonyl (C=O) groups excluding carboxylic acids is 3. The van der Waals surface area contributed by atoms with Crippen molar-refractivity contribution >= 4 is 29.1 Å². The number of hydrogen-bond donors (Lipinski definition) is 1. The molecule has 162 valence electrons. The molecule has 2 fully saturated rings. The molecule has 1 N–H and O–H groups in total. The first kappa shape index (κ1) is 21.5. The van der Waals surface area contributed by atoms with E-state index >= 15 is 0 Å². The summed E-state index contributed by atoms with van der Waals surface area (Å²) in [6.07, 6.45) is 7.75. The summed E-state index contributed by atoms with van der Waals surface area (Å²) in [5, 5.41) is 11.9. The summed E-state index contributed by atoms with van der Waals surface area (Å²) in [7, 11) is 0. The van der Waals surface area contributed by atoms with Gasteiger partial charge in [0.15, 0.2) is 11.6 Å². The fourth-order valence-electron chi connectivity index (χ4n) is 7.18. The number of rotatable bonds is 3. The Morgan fingerprint density at radius 3 is 2.70 bits per heavy atom. The zero-order valence-corrected chi connectivity index (χ0v) is 18.6. The molecule has 2 saturated carbocycles. The lowest BCUT2D eigenvalue weighted by Crippen LogP contribution is -2.55. The minimum atomic E-state index is -0.641. The number of aliphatic hydroxyl groups is 1. The number of aliphatic hydroxyl groups excluding tert-OH is 1. The number of ether oxygens (including phenoxy) is 1. The fraction of sp³-hybridized carbons (Fsp3) is 0.625. The second kappa shape index (κ2) is 7.16. The van der Waals surface area contributed by atoms with Crippen LogP contribution >= 0.6 is 11.6 Å². The van der Waals surface area contributed by atoms with E-state index < -0.39 is 22.9 Å². The maximum Gasteiger partial charge on any atom is 0.303 e. The molecule has 5 nitrogen and oxygen atoms in total. The topological polar surface area (TPSA) is 80.7 Å². The van der Waals surface area contributed by atoms with Crippen molar-refractivity contribution in [1.29, 1.82) is 0 Å². The summed E-state index contributed by atoms with van der Waals surface area (Å²) in [4.78, 5) is 36.2. The minimum Gasteiger partial charge on any atom is -0.458 e. The van der Waals surface area contributed by atoms with Gasteiger partial charge in [0.1, 0.15) is 6.61 Å². The number of fused-ring (bicyclic) bond motifs is 5. The van der Waals surface area contributed by atoms with Crippen LogP contribution in [0, 0.1) is 40.4 Å². The quantitative estimate of drug-likeness (QED) is 0.689. The number of hydrogen-bond acceptors (Lipinski definition) is 5. The van der Waals surface area contributed by atoms with E-state index in [1.54, 1.807) is 12.2 Å².